The van der Waals surface area contributed by atoms with Gasteiger partial charge in [-0.1, -0.05) is 123 Å². The molecule has 2 atom stereocenters. The van der Waals surface area contributed by atoms with Gasteiger partial charge in [0.1, 0.15) is 12.1 Å². The largest absolute Gasteiger partial charge is 0.354 e. The van der Waals surface area contributed by atoms with Gasteiger partial charge in [-0.15, -0.1) is 0 Å². The molecule has 7 nitrogen and oxygen atoms in total. The number of carbonyl (C=O) groups excluding carboxylic acids is 3. The first kappa shape index (κ1) is 36.1. The van der Waals surface area contributed by atoms with E-state index in [2.05, 4.69) is 11.4 Å². The molecule has 0 radical (unpaired) electrons. The molecule has 0 aliphatic carbocycles. The maximum atomic E-state index is 14.5. The second-order valence-electron chi connectivity index (χ2n) is 12.7. The number of likely N-dealkylation sites (N-methyl/N-ethyl adjacent to an activating group) is 2. The Morgan fingerprint density at radius 2 is 1.31 bits per heavy atom. The molecule has 4 aromatic carbocycles. The highest BCUT2D eigenvalue weighted by molar-refractivity contribution is 5.95. The van der Waals surface area contributed by atoms with Crippen molar-refractivity contribution in [1.82, 2.24) is 15.1 Å². The molecule has 0 spiro atoms. The molecule has 4 aromatic rings. The fraction of sp³-hybridized carbons (Fsp3) is 0.341. The van der Waals surface area contributed by atoms with Crippen molar-refractivity contribution in [3.05, 3.63) is 132 Å². The summed E-state index contributed by atoms with van der Waals surface area (Å²) in [5.74, 6) is -0.826. The van der Waals surface area contributed by atoms with Gasteiger partial charge in [0.05, 0.1) is 0 Å². The molecule has 0 fully saturated rings. The summed E-state index contributed by atoms with van der Waals surface area (Å²) in [5, 5.41) is 5.22. The number of nitrogens with zero attached hydrogens (tertiary/aromatic N) is 2. The van der Waals surface area contributed by atoms with Crippen LogP contribution in [0.25, 0.3) is 10.8 Å². The maximum Gasteiger partial charge on any atom is 0.246 e. The minimum atomic E-state index is -0.844. The van der Waals surface area contributed by atoms with Crippen LogP contribution in [0.1, 0.15) is 49.8 Å². The van der Waals surface area contributed by atoms with Crippen molar-refractivity contribution in [2.24, 2.45) is 5.73 Å². The number of benzene rings is 4. The van der Waals surface area contributed by atoms with Gasteiger partial charge in [0, 0.05) is 39.0 Å². The van der Waals surface area contributed by atoms with Crippen molar-refractivity contribution in [3.8, 4) is 0 Å². The lowest BCUT2D eigenvalue weighted by molar-refractivity contribution is -0.146. The minimum Gasteiger partial charge on any atom is -0.354 e. The maximum absolute atomic E-state index is 14.5. The van der Waals surface area contributed by atoms with Gasteiger partial charge >= 0.3 is 0 Å². The van der Waals surface area contributed by atoms with E-state index in [4.69, 9.17) is 5.73 Å². The summed E-state index contributed by atoms with van der Waals surface area (Å²) < 4.78 is 0. The van der Waals surface area contributed by atoms with Crippen molar-refractivity contribution in [2.45, 2.75) is 70.0 Å². The number of amides is 3. The monoisotopic (exact) mass is 646 g/mol. The van der Waals surface area contributed by atoms with Crippen LogP contribution in [-0.2, 0) is 33.6 Å². The van der Waals surface area contributed by atoms with Crippen LogP contribution in [0.4, 0.5) is 0 Å². The van der Waals surface area contributed by atoms with Crippen molar-refractivity contribution in [1.29, 1.82) is 0 Å². The SMILES string of the molecule is CCC(N)(CC)C/C=C/C(=O)N(C)[C@H](Cc1ccc2ccccc2c1)C(=O)N(C)[C@H](Cc1ccccc1)C(=O)NCCc1ccccc1. The van der Waals surface area contributed by atoms with Crippen LogP contribution in [0.15, 0.2) is 115 Å². The Bertz CT molecular complexity index is 1670. The van der Waals surface area contributed by atoms with Gasteiger partial charge in [-0.3, -0.25) is 14.4 Å². The average molecular weight is 647 g/mol. The predicted molar refractivity (Wildman–Crippen MR) is 195 cm³/mol. The van der Waals surface area contributed by atoms with Crippen molar-refractivity contribution < 1.29 is 14.4 Å². The van der Waals surface area contributed by atoms with E-state index in [-0.39, 0.29) is 23.3 Å². The highest BCUT2D eigenvalue weighted by Crippen LogP contribution is 2.21. The smallest absolute Gasteiger partial charge is 0.246 e. The van der Waals surface area contributed by atoms with Gasteiger partial charge < -0.3 is 20.9 Å². The van der Waals surface area contributed by atoms with E-state index >= 15 is 0 Å². The average Bonchev–Trinajstić information content (AvgIpc) is 3.12. The van der Waals surface area contributed by atoms with Gasteiger partial charge in [-0.2, -0.15) is 0 Å². The molecule has 0 aliphatic rings. The summed E-state index contributed by atoms with van der Waals surface area (Å²) in [5.41, 5.74) is 9.08. The summed E-state index contributed by atoms with van der Waals surface area (Å²) in [6, 6.07) is 32.2. The molecule has 0 bridgehead atoms. The van der Waals surface area contributed by atoms with Crippen molar-refractivity contribution in [3.63, 3.8) is 0 Å². The number of carbonyl (C=O) groups is 3. The lowest BCUT2D eigenvalue weighted by Crippen LogP contribution is -2.56. The van der Waals surface area contributed by atoms with E-state index in [0.29, 0.717) is 32.2 Å². The molecule has 0 aliphatic heterocycles. The topological polar surface area (TPSA) is 95.7 Å². The van der Waals surface area contributed by atoms with E-state index in [1.807, 2.05) is 117 Å². The van der Waals surface area contributed by atoms with Crippen molar-refractivity contribution >= 4 is 28.5 Å². The number of nitrogens with one attached hydrogen (secondary N) is 1. The predicted octanol–water partition coefficient (Wildman–Crippen LogP) is 6.10. The van der Waals surface area contributed by atoms with Crippen LogP contribution in [-0.4, -0.2) is 65.8 Å². The second-order valence-corrected chi connectivity index (χ2v) is 12.7. The highest BCUT2D eigenvalue weighted by Gasteiger charge is 2.35. The lowest BCUT2D eigenvalue weighted by atomic mass is 9.90. The number of hydrogen-bond donors (Lipinski definition) is 2. The zero-order valence-electron chi connectivity index (χ0n) is 28.8. The number of fused-ring (bicyclic) bond motifs is 1. The van der Waals surface area contributed by atoms with Crippen LogP contribution < -0.4 is 11.1 Å². The van der Waals surface area contributed by atoms with Crippen LogP contribution in [0.3, 0.4) is 0 Å². The molecule has 4 rings (SSSR count). The summed E-state index contributed by atoms with van der Waals surface area (Å²) in [4.78, 5) is 44.9. The molecule has 252 valence electrons. The standard InChI is InChI=1S/C41H50N4O3/c1-5-41(42,6-2)26-15-22-38(46)44(3)37(30-33-23-24-34-20-13-14-21-35(34)28-33)40(48)45(4)36(29-32-18-11-8-12-19-32)39(47)43-27-25-31-16-9-7-10-17-31/h7-24,28,36-37H,5-6,25-27,29-30,42H2,1-4H3,(H,43,47)/b22-15+/t36-,37-/m1/s1. The fourth-order valence-corrected chi connectivity index (χ4v) is 5.91. The first-order valence-electron chi connectivity index (χ1n) is 17.0. The Morgan fingerprint density at radius 1 is 0.729 bits per heavy atom. The van der Waals surface area contributed by atoms with E-state index in [0.717, 1.165) is 40.3 Å². The van der Waals surface area contributed by atoms with Crippen LogP contribution in [0, 0.1) is 0 Å². The summed E-state index contributed by atoms with van der Waals surface area (Å²) in [7, 11) is 3.32. The number of rotatable bonds is 16. The molecule has 3 amide bonds. The lowest BCUT2D eigenvalue weighted by Gasteiger charge is -2.34. The zero-order valence-corrected chi connectivity index (χ0v) is 28.8. The molecule has 48 heavy (non-hydrogen) atoms. The molecule has 0 saturated carbocycles. The molecule has 0 saturated heterocycles. The first-order valence-corrected chi connectivity index (χ1v) is 17.0. The van der Waals surface area contributed by atoms with Gasteiger partial charge in [-0.25, -0.2) is 0 Å². The number of nitrogens with two attached hydrogens (primary N) is 1. The number of hydrogen-bond acceptors (Lipinski definition) is 4. The molecule has 3 N–H and O–H groups in total. The normalized spacial score (nSPS) is 12.9. The van der Waals surface area contributed by atoms with Gasteiger partial charge in [-0.05, 0) is 59.2 Å². The Kier molecular flexibility index (Phi) is 13.1. The van der Waals surface area contributed by atoms with Gasteiger partial charge in [0.25, 0.3) is 0 Å². The third-order valence-corrected chi connectivity index (χ3v) is 9.48. The summed E-state index contributed by atoms with van der Waals surface area (Å²) >= 11 is 0. The molecule has 0 unspecified atom stereocenters. The highest BCUT2D eigenvalue weighted by atomic mass is 16.2. The van der Waals surface area contributed by atoms with E-state index in [1.54, 1.807) is 14.1 Å². The van der Waals surface area contributed by atoms with Crippen LogP contribution >= 0.6 is 0 Å². The Hall–Kier alpha value is -4.75. The van der Waals surface area contributed by atoms with Crippen LogP contribution in [0.5, 0.6) is 0 Å². The van der Waals surface area contributed by atoms with E-state index < -0.39 is 12.1 Å². The first-order chi connectivity index (χ1) is 23.1. The van der Waals surface area contributed by atoms with E-state index in [9.17, 15) is 14.4 Å². The van der Waals surface area contributed by atoms with Gasteiger partial charge in [0.15, 0.2) is 0 Å². The Labute approximate surface area is 285 Å². The zero-order chi connectivity index (χ0) is 34.5. The summed E-state index contributed by atoms with van der Waals surface area (Å²) in [6.45, 7) is 4.53. The Balaban J connectivity index is 1.61. The molecular formula is C41H50N4O3. The minimum absolute atomic E-state index is 0.234. The van der Waals surface area contributed by atoms with Crippen molar-refractivity contribution in [2.75, 3.05) is 20.6 Å². The third-order valence-electron chi connectivity index (χ3n) is 9.48. The fourth-order valence-electron chi connectivity index (χ4n) is 5.91. The molecule has 0 heterocycles. The summed E-state index contributed by atoms with van der Waals surface area (Å²) in [6.07, 6.45) is 6.79. The van der Waals surface area contributed by atoms with E-state index in [1.165, 1.54) is 15.9 Å². The van der Waals surface area contributed by atoms with Gasteiger partial charge in [0.2, 0.25) is 17.7 Å². The van der Waals surface area contributed by atoms with Crippen LogP contribution in [0.2, 0.25) is 0 Å². The quantitative estimate of drug-likeness (QED) is 0.144. The molecular weight excluding hydrogens is 596 g/mol. The Morgan fingerprint density at radius 3 is 1.96 bits per heavy atom. The molecule has 0 aromatic heterocycles. The molecule has 7 heteroatoms. The third kappa shape index (κ3) is 9.88. The second kappa shape index (κ2) is 17.4.